The van der Waals surface area contributed by atoms with Crippen molar-refractivity contribution in [3.05, 3.63) is 46.0 Å². The molecule has 0 saturated carbocycles. The van der Waals surface area contributed by atoms with E-state index in [-0.39, 0.29) is 30.7 Å². The molecule has 0 aliphatic rings. The molecule has 0 atom stereocenters. The molecule has 3 aromatic rings. The number of nitrogens with one attached hydrogen (secondary N) is 1. The third-order valence-corrected chi connectivity index (χ3v) is 6.59. The number of benzene rings is 1. The van der Waals surface area contributed by atoms with Crippen LogP contribution in [0.5, 0.6) is 0 Å². The van der Waals surface area contributed by atoms with Gasteiger partial charge in [-0.05, 0) is 57.9 Å². The predicted octanol–water partition coefficient (Wildman–Crippen LogP) is 4.82. The molecule has 0 bridgehead atoms. The number of hydrogen-bond donors (Lipinski definition) is 1. The standard InChI is InChI=1S/C24H29N3O4S/c1-7-26(18-11-9-10-14(3)12-18)19(29)13-27-22(24(30)31-8-2)21(25-17(6)28)20-15(4)16(5)32-23(20)27/h9-12H,7-8,13H2,1-6H3,(H,25,28). The quantitative estimate of drug-likeness (QED) is 0.518. The normalized spacial score (nSPS) is 10.9. The van der Waals surface area contributed by atoms with Crippen LogP contribution in [0.25, 0.3) is 10.2 Å². The van der Waals surface area contributed by atoms with Gasteiger partial charge in [0.15, 0.2) is 5.69 Å². The van der Waals surface area contributed by atoms with Crippen molar-refractivity contribution in [2.75, 3.05) is 23.4 Å². The summed E-state index contributed by atoms with van der Waals surface area (Å²) in [7, 11) is 0. The summed E-state index contributed by atoms with van der Waals surface area (Å²) in [5.41, 5.74) is 3.43. The number of amides is 2. The zero-order valence-corrected chi connectivity index (χ0v) is 20.2. The zero-order valence-electron chi connectivity index (χ0n) is 19.4. The number of aromatic nitrogens is 1. The van der Waals surface area contributed by atoms with E-state index in [2.05, 4.69) is 5.32 Å². The van der Waals surface area contributed by atoms with E-state index in [0.29, 0.717) is 12.2 Å². The molecule has 8 heteroatoms. The van der Waals surface area contributed by atoms with Gasteiger partial charge in [-0.2, -0.15) is 0 Å². The Balaban J connectivity index is 2.16. The molecule has 0 aliphatic carbocycles. The van der Waals surface area contributed by atoms with E-state index in [1.807, 2.05) is 52.0 Å². The van der Waals surface area contributed by atoms with Gasteiger partial charge in [-0.25, -0.2) is 4.79 Å². The molecule has 7 nitrogen and oxygen atoms in total. The van der Waals surface area contributed by atoms with Crippen molar-refractivity contribution in [2.24, 2.45) is 0 Å². The molecule has 2 aromatic heterocycles. The van der Waals surface area contributed by atoms with Gasteiger partial charge in [0.25, 0.3) is 0 Å². The fourth-order valence-electron chi connectivity index (χ4n) is 3.83. The van der Waals surface area contributed by atoms with Crippen LogP contribution < -0.4 is 10.2 Å². The van der Waals surface area contributed by atoms with Gasteiger partial charge >= 0.3 is 5.97 Å². The number of likely N-dealkylation sites (N-methyl/N-ethyl adjacent to an activating group) is 1. The van der Waals surface area contributed by atoms with Crippen LogP contribution in [0.1, 0.15) is 47.3 Å². The number of aryl methyl sites for hydroxylation is 3. The molecule has 0 unspecified atom stereocenters. The lowest BCUT2D eigenvalue weighted by atomic mass is 10.2. The fourth-order valence-corrected chi connectivity index (χ4v) is 5.00. The highest BCUT2D eigenvalue weighted by Crippen LogP contribution is 2.40. The maximum absolute atomic E-state index is 13.4. The van der Waals surface area contributed by atoms with Crippen LogP contribution in [-0.4, -0.2) is 35.5 Å². The Labute approximate surface area is 192 Å². The first-order valence-corrected chi connectivity index (χ1v) is 11.4. The van der Waals surface area contributed by atoms with Gasteiger partial charge in [0.05, 0.1) is 12.3 Å². The second-order valence-electron chi connectivity index (χ2n) is 7.65. The molecular formula is C24H29N3O4S. The molecule has 32 heavy (non-hydrogen) atoms. The molecule has 2 amide bonds. The van der Waals surface area contributed by atoms with Gasteiger partial charge in [-0.3, -0.25) is 9.59 Å². The number of carbonyl (C=O) groups excluding carboxylic acids is 3. The number of hydrogen-bond acceptors (Lipinski definition) is 5. The first-order chi connectivity index (χ1) is 15.2. The van der Waals surface area contributed by atoms with Crippen molar-refractivity contribution >= 4 is 50.7 Å². The van der Waals surface area contributed by atoms with Gasteiger partial charge in [0.2, 0.25) is 11.8 Å². The Kier molecular flexibility index (Phi) is 7.03. The molecule has 1 N–H and O–H groups in total. The van der Waals surface area contributed by atoms with Crippen LogP contribution in [0.15, 0.2) is 24.3 Å². The van der Waals surface area contributed by atoms with Crippen LogP contribution in [0.4, 0.5) is 11.4 Å². The fraction of sp³-hybridized carbons (Fsp3) is 0.375. The van der Waals surface area contributed by atoms with Crippen LogP contribution in [-0.2, 0) is 20.9 Å². The Hall–Kier alpha value is -3.13. The Morgan fingerprint density at radius 3 is 2.47 bits per heavy atom. The molecule has 0 spiro atoms. The second-order valence-corrected chi connectivity index (χ2v) is 8.86. The highest BCUT2D eigenvalue weighted by atomic mass is 32.1. The Bertz CT molecular complexity index is 1190. The van der Waals surface area contributed by atoms with Crippen molar-refractivity contribution in [2.45, 2.75) is 48.1 Å². The van der Waals surface area contributed by atoms with Gasteiger partial charge in [0.1, 0.15) is 11.4 Å². The Morgan fingerprint density at radius 1 is 1.16 bits per heavy atom. The molecule has 0 saturated heterocycles. The van der Waals surface area contributed by atoms with E-state index < -0.39 is 5.97 Å². The van der Waals surface area contributed by atoms with Crippen molar-refractivity contribution in [3.63, 3.8) is 0 Å². The maximum atomic E-state index is 13.4. The highest BCUT2D eigenvalue weighted by Gasteiger charge is 2.30. The topological polar surface area (TPSA) is 80.6 Å². The van der Waals surface area contributed by atoms with E-state index >= 15 is 0 Å². The lowest BCUT2D eigenvalue weighted by molar-refractivity contribution is -0.119. The minimum atomic E-state index is -0.567. The van der Waals surface area contributed by atoms with E-state index in [1.165, 1.54) is 18.3 Å². The predicted molar refractivity (Wildman–Crippen MR) is 129 cm³/mol. The van der Waals surface area contributed by atoms with Gasteiger partial charge in [0, 0.05) is 29.4 Å². The summed E-state index contributed by atoms with van der Waals surface area (Å²) in [5.74, 6) is -1.01. The summed E-state index contributed by atoms with van der Waals surface area (Å²) >= 11 is 1.50. The van der Waals surface area contributed by atoms with Crippen LogP contribution >= 0.6 is 11.3 Å². The molecule has 170 valence electrons. The summed E-state index contributed by atoms with van der Waals surface area (Å²) in [6, 6.07) is 7.75. The van der Waals surface area contributed by atoms with E-state index in [9.17, 15) is 14.4 Å². The molecule has 2 heterocycles. The van der Waals surface area contributed by atoms with Crippen molar-refractivity contribution in [1.82, 2.24) is 4.57 Å². The minimum Gasteiger partial charge on any atom is -0.461 e. The number of anilines is 2. The third-order valence-electron chi connectivity index (χ3n) is 5.36. The number of carbonyl (C=O) groups is 3. The average molecular weight is 456 g/mol. The number of esters is 1. The monoisotopic (exact) mass is 455 g/mol. The van der Waals surface area contributed by atoms with Gasteiger partial charge in [-0.15, -0.1) is 11.3 Å². The minimum absolute atomic E-state index is 0.0502. The molecule has 0 radical (unpaired) electrons. The van der Waals surface area contributed by atoms with Crippen LogP contribution in [0.3, 0.4) is 0 Å². The lowest BCUT2D eigenvalue weighted by Crippen LogP contribution is -2.34. The second kappa shape index (κ2) is 9.56. The molecule has 0 fully saturated rings. The summed E-state index contributed by atoms with van der Waals surface area (Å²) in [6.45, 7) is 11.6. The molecule has 1 aromatic carbocycles. The van der Waals surface area contributed by atoms with Crippen LogP contribution in [0.2, 0.25) is 0 Å². The average Bonchev–Trinajstić information content (AvgIpc) is 3.16. The van der Waals surface area contributed by atoms with E-state index in [1.54, 1.807) is 16.4 Å². The summed E-state index contributed by atoms with van der Waals surface area (Å²) in [5, 5.41) is 3.58. The van der Waals surface area contributed by atoms with Crippen molar-refractivity contribution in [1.29, 1.82) is 0 Å². The first-order valence-electron chi connectivity index (χ1n) is 10.6. The SMILES string of the molecule is CCOC(=O)c1c(NC(C)=O)c2c(C)c(C)sc2n1CC(=O)N(CC)c1cccc(C)c1. The van der Waals surface area contributed by atoms with Crippen molar-refractivity contribution < 1.29 is 19.1 Å². The first kappa shape index (κ1) is 23.5. The molecule has 3 rings (SSSR count). The number of nitrogens with zero attached hydrogens (tertiary/aromatic N) is 2. The number of thiophene rings is 1. The van der Waals surface area contributed by atoms with E-state index in [4.69, 9.17) is 4.74 Å². The maximum Gasteiger partial charge on any atom is 0.357 e. The van der Waals surface area contributed by atoms with Gasteiger partial charge in [-0.1, -0.05) is 12.1 Å². The van der Waals surface area contributed by atoms with Crippen LogP contribution in [0, 0.1) is 20.8 Å². The highest BCUT2D eigenvalue weighted by molar-refractivity contribution is 7.19. The summed E-state index contributed by atoms with van der Waals surface area (Å²) in [4.78, 5) is 41.9. The number of rotatable bonds is 7. The molecule has 0 aliphatic heterocycles. The largest absolute Gasteiger partial charge is 0.461 e. The third kappa shape index (κ3) is 4.41. The Morgan fingerprint density at radius 2 is 1.88 bits per heavy atom. The molecular weight excluding hydrogens is 426 g/mol. The number of fused-ring (bicyclic) bond motifs is 1. The zero-order chi connectivity index (χ0) is 23.6. The van der Waals surface area contributed by atoms with Gasteiger partial charge < -0.3 is 19.5 Å². The number of ether oxygens (including phenoxy) is 1. The van der Waals surface area contributed by atoms with E-state index in [0.717, 1.165) is 31.9 Å². The lowest BCUT2D eigenvalue weighted by Gasteiger charge is -2.22. The summed E-state index contributed by atoms with van der Waals surface area (Å²) in [6.07, 6.45) is 0. The smallest absolute Gasteiger partial charge is 0.357 e. The summed E-state index contributed by atoms with van der Waals surface area (Å²) < 4.78 is 6.98. The van der Waals surface area contributed by atoms with Crippen molar-refractivity contribution in [3.8, 4) is 0 Å².